The number of aromatic nitrogens is 2. The Bertz CT molecular complexity index is 931. The fourth-order valence-corrected chi connectivity index (χ4v) is 2.56. The Kier molecular flexibility index (Phi) is 8.61. The molecule has 0 spiro atoms. The summed E-state index contributed by atoms with van der Waals surface area (Å²) in [6.07, 6.45) is 1.89. The predicted octanol–water partition coefficient (Wildman–Crippen LogP) is 7.14. The predicted molar refractivity (Wildman–Crippen MR) is 120 cm³/mol. The minimum Gasteiger partial charge on any atom is -0.256 e. The first-order valence-corrected chi connectivity index (χ1v) is 9.69. The van der Waals surface area contributed by atoms with Gasteiger partial charge in [0.05, 0.1) is 11.4 Å². The van der Waals surface area contributed by atoms with Gasteiger partial charge < -0.3 is 0 Å². The molecule has 28 heavy (non-hydrogen) atoms. The highest BCUT2D eigenvalue weighted by Crippen LogP contribution is 2.16. The van der Waals surface area contributed by atoms with Gasteiger partial charge in [0.2, 0.25) is 0 Å². The molecule has 2 aromatic carbocycles. The smallest absolute Gasteiger partial charge is 0.0705 e. The van der Waals surface area contributed by atoms with Crippen LogP contribution < -0.4 is 0 Å². The molecule has 2 aromatic heterocycles. The zero-order valence-electron chi connectivity index (χ0n) is 17.1. The van der Waals surface area contributed by atoms with Crippen LogP contribution in [-0.4, -0.2) is 9.97 Å². The van der Waals surface area contributed by atoms with Crippen LogP contribution in [0.15, 0.2) is 97.2 Å². The maximum Gasteiger partial charge on any atom is 0.0705 e. The monoisotopic (exact) mass is 368 g/mol. The van der Waals surface area contributed by atoms with Crippen LogP contribution in [0.5, 0.6) is 0 Å². The minimum atomic E-state index is 1.03. The Hall–Kier alpha value is -3.26. The van der Waals surface area contributed by atoms with Crippen molar-refractivity contribution in [3.8, 4) is 22.5 Å². The van der Waals surface area contributed by atoms with Gasteiger partial charge in [0.15, 0.2) is 0 Å². The van der Waals surface area contributed by atoms with Gasteiger partial charge in [-0.2, -0.15) is 0 Å². The van der Waals surface area contributed by atoms with E-state index >= 15 is 0 Å². The molecule has 0 atom stereocenters. The third kappa shape index (κ3) is 6.48. The molecular weight excluding hydrogens is 340 g/mol. The number of hydrogen-bond donors (Lipinski definition) is 0. The van der Waals surface area contributed by atoms with E-state index in [0.717, 1.165) is 17.1 Å². The van der Waals surface area contributed by atoms with Crippen LogP contribution in [0, 0.1) is 13.8 Å². The van der Waals surface area contributed by atoms with Gasteiger partial charge in [0, 0.05) is 23.0 Å². The molecule has 0 bridgehead atoms. The van der Waals surface area contributed by atoms with Crippen molar-refractivity contribution in [3.05, 3.63) is 108 Å². The first-order chi connectivity index (χ1) is 13.7. The van der Waals surface area contributed by atoms with Gasteiger partial charge >= 0.3 is 0 Å². The van der Waals surface area contributed by atoms with Crippen molar-refractivity contribution in [2.75, 3.05) is 0 Å². The Morgan fingerprint density at radius 1 is 0.536 bits per heavy atom. The van der Waals surface area contributed by atoms with Gasteiger partial charge in [-0.15, -0.1) is 0 Å². The van der Waals surface area contributed by atoms with E-state index in [4.69, 9.17) is 0 Å². The van der Waals surface area contributed by atoms with E-state index < -0.39 is 0 Å². The molecule has 0 radical (unpaired) electrons. The molecule has 0 saturated heterocycles. The van der Waals surface area contributed by atoms with Gasteiger partial charge in [0.1, 0.15) is 0 Å². The van der Waals surface area contributed by atoms with Gasteiger partial charge in [-0.05, 0) is 37.6 Å². The SMILES string of the molecule is CC.Cc1ccc(-c2ccccc2)nc1.Cc1cccc(-c2ccccc2)n1. The average Bonchev–Trinajstić information content (AvgIpc) is 2.77. The summed E-state index contributed by atoms with van der Waals surface area (Å²) in [7, 11) is 0. The molecule has 0 N–H and O–H groups in total. The molecule has 0 unspecified atom stereocenters. The van der Waals surface area contributed by atoms with Gasteiger partial charge in [0.25, 0.3) is 0 Å². The van der Waals surface area contributed by atoms with E-state index in [1.165, 1.54) is 16.7 Å². The summed E-state index contributed by atoms with van der Waals surface area (Å²) in [6.45, 7) is 8.05. The summed E-state index contributed by atoms with van der Waals surface area (Å²) >= 11 is 0. The molecule has 2 heterocycles. The topological polar surface area (TPSA) is 25.8 Å². The molecule has 2 nitrogen and oxygen atoms in total. The van der Waals surface area contributed by atoms with Gasteiger partial charge in [-0.3, -0.25) is 9.97 Å². The Balaban J connectivity index is 0.000000184. The summed E-state index contributed by atoms with van der Waals surface area (Å²) in [5.74, 6) is 0. The van der Waals surface area contributed by atoms with Crippen molar-refractivity contribution in [1.29, 1.82) is 0 Å². The van der Waals surface area contributed by atoms with Crippen LogP contribution in [0.1, 0.15) is 25.1 Å². The lowest BCUT2D eigenvalue weighted by atomic mass is 10.1. The first-order valence-electron chi connectivity index (χ1n) is 9.69. The zero-order valence-corrected chi connectivity index (χ0v) is 17.1. The largest absolute Gasteiger partial charge is 0.256 e. The highest BCUT2D eigenvalue weighted by molar-refractivity contribution is 5.59. The lowest BCUT2D eigenvalue weighted by Crippen LogP contribution is -1.84. The molecule has 0 amide bonds. The second-order valence-electron chi connectivity index (χ2n) is 6.12. The van der Waals surface area contributed by atoms with Crippen molar-refractivity contribution < 1.29 is 0 Å². The second-order valence-corrected chi connectivity index (χ2v) is 6.12. The van der Waals surface area contributed by atoms with Crippen molar-refractivity contribution in [2.45, 2.75) is 27.7 Å². The van der Waals surface area contributed by atoms with E-state index in [0.29, 0.717) is 0 Å². The Labute approximate surface area is 169 Å². The molecule has 142 valence electrons. The molecule has 0 aliphatic heterocycles. The molecule has 2 heteroatoms. The molecule has 0 fully saturated rings. The van der Waals surface area contributed by atoms with Crippen molar-refractivity contribution in [2.24, 2.45) is 0 Å². The Morgan fingerprint density at radius 3 is 1.61 bits per heavy atom. The number of benzene rings is 2. The number of aryl methyl sites for hydroxylation is 2. The summed E-state index contributed by atoms with van der Waals surface area (Å²) in [4.78, 5) is 8.79. The summed E-state index contributed by atoms with van der Waals surface area (Å²) in [5, 5.41) is 0. The van der Waals surface area contributed by atoms with Crippen LogP contribution in [0.3, 0.4) is 0 Å². The quantitative estimate of drug-likeness (QED) is 0.376. The second kappa shape index (κ2) is 11.5. The number of hydrogen-bond acceptors (Lipinski definition) is 2. The van der Waals surface area contributed by atoms with Crippen molar-refractivity contribution >= 4 is 0 Å². The fourth-order valence-electron chi connectivity index (χ4n) is 2.56. The lowest BCUT2D eigenvalue weighted by molar-refractivity contribution is 1.21. The molecular formula is C26H28N2. The highest BCUT2D eigenvalue weighted by atomic mass is 14.7. The number of rotatable bonds is 2. The molecule has 0 aliphatic rings. The van der Waals surface area contributed by atoms with Gasteiger partial charge in [-0.25, -0.2) is 0 Å². The number of nitrogens with zero attached hydrogens (tertiary/aromatic N) is 2. The van der Waals surface area contributed by atoms with E-state index in [2.05, 4.69) is 40.3 Å². The first kappa shape index (κ1) is 21.0. The van der Waals surface area contributed by atoms with Crippen LogP contribution in [-0.2, 0) is 0 Å². The minimum absolute atomic E-state index is 1.03. The normalized spacial score (nSPS) is 9.43. The van der Waals surface area contributed by atoms with E-state index in [-0.39, 0.29) is 0 Å². The summed E-state index contributed by atoms with van der Waals surface area (Å²) < 4.78 is 0. The summed E-state index contributed by atoms with van der Waals surface area (Å²) in [6, 6.07) is 30.6. The van der Waals surface area contributed by atoms with Crippen molar-refractivity contribution in [3.63, 3.8) is 0 Å². The van der Waals surface area contributed by atoms with E-state index in [1.807, 2.05) is 94.6 Å². The molecule has 0 aliphatic carbocycles. The molecule has 4 rings (SSSR count). The van der Waals surface area contributed by atoms with E-state index in [9.17, 15) is 0 Å². The standard InChI is InChI=1S/2C12H11N.C2H6/c1-10-6-5-9-12(13-10)11-7-3-2-4-8-11;1-10-7-8-12(13-9-10)11-5-3-2-4-6-11;1-2/h2*2-9H,1H3;1-2H3. The van der Waals surface area contributed by atoms with Crippen molar-refractivity contribution in [1.82, 2.24) is 9.97 Å². The molecule has 0 saturated carbocycles. The third-order valence-electron chi connectivity index (χ3n) is 3.94. The lowest BCUT2D eigenvalue weighted by Gasteiger charge is -2.00. The fraction of sp³-hybridized carbons (Fsp3) is 0.154. The maximum absolute atomic E-state index is 4.44. The third-order valence-corrected chi connectivity index (χ3v) is 3.94. The van der Waals surface area contributed by atoms with Gasteiger partial charge in [-0.1, -0.05) is 86.6 Å². The van der Waals surface area contributed by atoms with Crippen LogP contribution in [0.4, 0.5) is 0 Å². The zero-order chi connectivity index (χ0) is 20.2. The summed E-state index contributed by atoms with van der Waals surface area (Å²) in [5.41, 5.74) is 6.67. The Morgan fingerprint density at radius 2 is 1.11 bits per heavy atom. The van der Waals surface area contributed by atoms with Crippen LogP contribution >= 0.6 is 0 Å². The maximum atomic E-state index is 4.44. The van der Waals surface area contributed by atoms with Crippen LogP contribution in [0.25, 0.3) is 22.5 Å². The molecule has 4 aromatic rings. The van der Waals surface area contributed by atoms with Crippen LogP contribution in [0.2, 0.25) is 0 Å². The number of pyridine rings is 2. The average molecular weight is 369 g/mol. The van der Waals surface area contributed by atoms with E-state index in [1.54, 1.807) is 0 Å². The highest BCUT2D eigenvalue weighted by Gasteiger charge is 1.97.